The van der Waals surface area contributed by atoms with Gasteiger partial charge in [-0.15, -0.1) is 0 Å². The van der Waals surface area contributed by atoms with Gasteiger partial charge in [0.1, 0.15) is 11.9 Å². The number of aliphatic hydroxyl groups excluding tert-OH is 1. The molecule has 0 radical (unpaired) electrons. The van der Waals surface area contributed by atoms with Crippen LogP contribution >= 0.6 is 0 Å². The van der Waals surface area contributed by atoms with Gasteiger partial charge in [-0.25, -0.2) is 0 Å². The first-order valence-electron chi connectivity index (χ1n) is 9.00. The molecular formula is C19H30N2O3. The SMILES string of the molecule is CCCCC1CN(CCC(=O)NCC(C)O)Cc2ccccc2O1. The molecule has 0 spiro atoms. The minimum atomic E-state index is -0.508. The maximum Gasteiger partial charge on any atom is 0.221 e. The Bertz CT molecular complexity index is 519. The summed E-state index contributed by atoms with van der Waals surface area (Å²) in [5, 5.41) is 12.0. The Morgan fingerprint density at radius 3 is 3.00 bits per heavy atom. The second-order valence-corrected chi connectivity index (χ2v) is 6.63. The summed E-state index contributed by atoms with van der Waals surface area (Å²) in [6, 6.07) is 8.17. The molecule has 2 unspecified atom stereocenters. The lowest BCUT2D eigenvalue weighted by molar-refractivity contribution is -0.121. The Morgan fingerprint density at radius 1 is 1.46 bits per heavy atom. The first-order chi connectivity index (χ1) is 11.6. The summed E-state index contributed by atoms with van der Waals surface area (Å²) >= 11 is 0. The predicted molar refractivity (Wildman–Crippen MR) is 95.0 cm³/mol. The summed E-state index contributed by atoms with van der Waals surface area (Å²) in [4.78, 5) is 14.2. The van der Waals surface area contributed by atoms with Gasteiger partial charge in [0.25, 0.3) is 0 Å². The monoisotopic (exact) mass is 334 g/mol. The van der Waals surface area contributed by atoms with Crippen LogP contribution in [0.4, 0.5) is 0 Å². The normalized spacial score (nSPS) is 19.0. The van der Waals surface area contributed by atoms with Gasteiger partial charge in [-0.1, -0.05) is 31.5 Å². The third kappa shape index (κ3) is 6.13. The summed E-state index contributed by atoms with van der Waals surface area (Å²) in [6.07, 6.45) is 3.45. The van der Waals surface area contributed by atoms with Crippen LogP contribution in [0, 0.1) is 0 Å². The van der Waals surface area contributed by atoms with Gasteiger partial charge in [0, 0.05) is 38.2 Å². The van der Waals surface area contributed by atoms with Crippen LogP contribution in [0.15, 0.2) is 24.3 Å². The minimum absolute atomic E-state index is 0.0144. The molecule has 1 aromatic rings. The van der Waals surface area contributed by atoms with Crippen LogP contribution < -0.4 is 10.1 Å². The number of nitrogens with zero attached hydrogens (tertiary/aromatic N) is 1. The van der Waals surface area contributed by atoms with E-state index in [1.165, 1.54) is 5.56 Å². The van der Waals surface area contributed by atoms with Crippen LogP contribution in [0.5, 0.6) is 5.75 Å². The fourth-order valence-corrected chi connectivity index (χ4v) is 2.92. The van der Waals surface area contributed by atoms with Crippen molar-refractivity contribution >= 4 is 5.91 Å². The van der Waals surface area contributed by atoms with Crippen molar-refractivity contribution in [3.63, 3.8) is 0 Å². The Hall–Kier alpha value is -1.59. The van der Waals surface area contributed by atoms with Crippen LogP contribution in [-0.4, -0.2) is 47.8 Å². The molecule has 1 amide bonds. The molecule has 1 aliphatic heterocycles. The van der Waals surface area contributed by atoms with Crippen LogP contribution in [-0.2, 0) is 11.3 Å². The van der Waals surface area contributed by atoms with E-state index >= 15 is 0 Å². The zero-order chi connectivity index (χ0) is 17.4. The average molecular weight is 334 g/mol. The lowest BCUT2D eigenvalue weighted by Gasteiger charge is -2.23. The van der Waals surface area contributed by atoms with Crippen molar-refractivity contribution in [3.8, 4) is 5.75 Å². The first-order valence-corrected chi connectivity index (χ1v) is 9.00. The van der Waals surface area contributed by atoms with Crippen molar-refractivity contribution in [2.24, 2.45) is 0 Å². The summed E-state index contributed by atoms with van der Waals surface area (Å²) in [5.74, 6) is 0.958. The second kappa shape index (κ2) is 9.64. The first kappa shape index (κ1) is 18.7. The molecule has 0 aromatic heterocycles. The molecule has 0 saturated carbocycles. The molecule has 0 saturated heterocycles. The van der Waals surface area contributed by atoms with Crippen LogP contribution in [0.3, 0.4) is 0 Å². The summed E-state index contributed by atoms with van der Waals surface area (Å²) < 4.78 is 6.20. The van der Waals surface area contributed by atoms with Crippen LogP contribution in [0.25, 0.3) is 0 Å². The predicted octanol–water partition coefficient (Wildman–Crippen LogP) is 2.33. The van der Waals surface area contributed by atoms with E-state index in [0.29, 0.717) is 19.5 Å². The van der Waals surface area contributed by atoms with E-state index in [0.717, 1.165) is 38.1 Å². The molecule has 134 valence electrons. The van der Waals surface area contributed by atoms with E-state index in [1.54, 1.807) is 6.92 Å². The molecule has 2 atom stereocenters. The van der Waals surface area contributed by atoms with Gasteiger partial charge >= 0.3 is 0 Å². The number of aliphatic hydroxyl groups is 1. The number of ether oxygens (including phenoxy) is 1. The highest BCUT2D eigenvalue weighted by Gasteiger charge is 2.22. The third-order valence-corrected chi connectivity index (χ3v) is 4.25. The minimum Gasteiger partial charge on any atom is -0.489 e. The van der Waals surface area contributed by atoms with Gasteiger partial charge in [0.2, 0.25) is 5.91 Å². The number of unbranched alkanes of at least 4 members (excludes halogenated alkanes) is 1. The number of carbonyl (C=O) groups is 1. The Morgan fingerprint density at radius 2 is 2.25 bits per heavy atom. The molecule has 0 aliphatic carbocycles. The largest absolute Gasteiger partial charge is 0.489 e. The van der Waals surface area contributed by atoms with Crippen LogP contribution in [0.2, 0.25) is 0 Å². The molecule has 0 fully saturated rings. The highest BCUT2D eigenvalue weighted by Crippen LogP contribution is 2.26. The molecule has 24 heavy (non-hydrogen) atoms. The van der Waals surface area contributed by atoms with Crippen molar-refractivity contribution in [1.82, 2.24) is 10.2 Å². The van der Waals surface area contributed by atoms with Crippen molar-refractivity contribution in [1.29, 1.82) is 0 Å². The maximum atomic E-state index is 11.9. The lowest BCUT2D eigenvalue weighted by atomic mass is 10.1. The molecule has 2 N–H and O–H groups in total. The molecular weight excluding hydrogens is 304 g/mol. The molecule has 1 heterocycles. The molecule has 0 bridgehead atoms. The zero-order valence-electron chi connectivity index (χ0n) is 14.8. The molecule has 5 heteroatoms. The summed E-state index contributed by atoms with van der Waals surface area (Å²) in [6.45, 7) is 6.52. The Balaban J connectivity index is 1.94. The third-order valence-electron chi connectivity index (χ3n) is 4.25. The van der Waals surface area contributed by atoms with Gasteiger partial charge in [0.05, 0.1) is 6.10 Å². The van der Waals surface area contributed by atoms with Gasteiger partial charge in [0.15, 0.2) is 0 Å². The Kier molecular flexibility index (Phi) is 7.53. The fraction of sp³-hybridized carbons (Fsp3) is 0.632. The number of rotatable bonds is 8. The lowest BCUT2D eigenvalue weighted by Crippen LogP contribution is -2.37. The quantitative estimate of drug-likeness (QED) is 0.766. The number of fused-ring (bicyclic) bond motifs is 1. The van der Waals surface area contributed by atoms with E-state index in [2.05, 4.69) is 23.2 Å². The zero-order valence-corrected chi connectivity index (χ0v) is 14.8. The number of hydrogen-bond donors (Lipinski definition) is 2. The van der Waals surface area contributed by atoms with Crippen molar-refractivity contribution in [2.75, 3.05) is 19.6 Å². The topological polar surface area (TPSA) is 61.8 Å². The second-order valence-electron chi connectivity index (χ2n) is 6.63. The van der Waals surface area contributed by atoms with Crippen molar-refractivity contribution in [2.45, 2.75) is 58.3 Å². The van der Waals surface area contributed by atoms with Crippen LogP contribution in [0.1, 0.15) is 45.1 Å². The van der Waals surface area contributed by atoms with Crippen molar-refractivity contribution in [3.05, 3.63) is 29.8 Å². The van der Waals surface area contributed by atoms with Gasteiger partial charge in [-0.05, 0) is 25.8 Å². The Labute approximate surface area is 145 Å². The van der Waals surface area contributed by atoms with Gasteiger partial charge in [-0.2, -0.15) is 0 Å². The van der Waals surface area contributed by atoms with Crippen molar-refractivity contribution < 1.29 is 14.6 Å². The number of hydrogen-bond acceptors (Lipinski definition) is 4. The fourth-order valence-electron chi connectivity index (χ4n) is 2.92. The average Bonchev–Trinajstić information content (AvgIpc) is 2.74. The molecule has 1 aromatic carbocycles. The molecule has 5 nitrogen and oxygen atoms in total. The van der Waals surface area contributed by atoms with Gasteiger partial charge < -0.3 is 15.2 Å². The highest BCUT2D eigenvalue weighted by atomic mass is 16.5. The van der Waals surface area contributed by atoms with E-state index in [1.807, 2.05) is 18.2 Å². The number of benzene rings is 1. The summed E-state index contributed by atoms with van der Waals surface area (Å²) in [7, 11) is 0. The smallest absolute Gasteiger partial charge is 0.221 e. The standard InChI is InChI=1S/C19H30N2O3/c1-3-4-8-17-14-21(11-10-19(23)20-12-15(2)22)13-16-7-5-6-9-18(16)24-17/h5-7,9,15,17,22H,3-4,8,10-14H2,1-2H3,(H,20,23). The number of amides is 1. The van der Waals surface area contributed by atoms with E-state index < -0.39 is 6.10 Å². The maximum absolute atomic E-state index is 11.9. The van der Waals surface area contributed by atoms with E-state index in [-0.39, 0.29) is 12.0 Å². The van der Waals surface area contributed by atoms with E-state index in [9.17, 15) is 9.90 Å². The highest BCUT2D eigenvalue weighted by molar-refractivity contribution is 5.76. The molecule has 2 rings (SSSR count). The number of para-hydroxylation sites is 1. The summed E-state index contributed by atoms with van der Waals surface area (Å²) in [5.41, 5.74) is 1.18. The number of carbonyl (C=O) groups excluding carboxylic acids is 1. The van der Waals surface area contributed by atoms with Gasteiger partial charge in [-0.3, -0.25) is 9.69 Å². The molecule has 1 aliphatic rings. The number of nitrogens with one attached hydrogen (secondary N) is 1. The van der Waals surface area contributed by atoms with E-state index in [4.69, 9.17) is 4.74 Å².